The molecule has 0 amide bonds. The van der Waals surface area contributed by atoms with Crippen molar-refractivity contribution in [3.05, 3.63) is 23.5 Å². The molecule has 20 heavy (non-hydrogen) atoms. The number of aryl methyl sites for hydroxylation is 2. The van der Waals surface area contributed by atoms with Gasteiger partial charge in [0.2, 0.25) is 0 Å². The Bertz CT molecular complexity index is 440. The molecule has 2 N–H and O–H groups in total. The molecule has 112 valence electrons. The van der Waals surface area contributed by atoms with Crippen LogP contribution < -0.4 is 5.73 Å². The third kappa shape index (κ3) is 4.10. The first kappa shape index (κ1) is 15.1. The summed E-state index contributed by atoms with van der Waals surface area (Å²) in [6.07, 6.45) is 11.6. The summed E-state index contributed by atoms with van der Waals surface area (Å²) in [5.41, 5.74) is 8.90. The predicted octanol–water partition coefficient (Wildman–Crippen LogP) is 2.95. The number of ether oxygens (including phenoxy) is 1. The summed E-state index contributed by atoms with van der Waals surface area (Å²) in [6.45, 7) is 3.34. The van der Waals surface area contributed by atoms with E-state index in [1.807, 2.05) is 6.92 Å². The number of aromatic nitrogens is 1. The second kappa shape index (κ2) is 7.48. The van der Waals surface area contributed by atoms with Crippen molar-refractivity contribution in [2.45, 2.75) is 64.5 Å². The van der Waals surface area contributed by atoms with Crippen molar-refractivity contribution in [2.24, 2.45) is 5.73 Å². The van der Waals surface area contributed by atoms with Crippen molar-refractivity contribution >= 4 is 5.97 Å². The summed E-state index contributed by atoms with van der Waals surface area (Å²) in [6, 6.07) is 0.226. The molecule has 1 unspecified atom stereocenters. The van der Waals surface area contributed by atoms with Gasteiger partial charge in [-0.2, -0.15) is 0 Å². The highest BCUT2D eigenvalue weighted by Gasteiger charge is 2.18. The van der Waals surface area contributed by atoms with Gasteiger partial charge in [-0.15, -0.1) is 0 Å². The van der Waals surface area contributed by atoms with Gasteiger partial charge in [-0.05, 0) is 50.2 Å². The van der Waals surface area contributed by atoms with Crippen LogP contribution >= 0.6 is 0 Å². The third-order valence-corrected chi connectivity index (χ3v) is 3.96. The fraction of sp³-hybridized carbons (Fsp3) is 0.688. The first-order valence-corrected chi connectivity index (χ1v) is 7.80. The topological polar surface area (TPSA) is 57.2 Å². The third-order valence-electron chi connectivity index (χ3n) is 3.96. The van der Waals surface area contributed by atoms with Gasteiger partial charge in [-0.1, -0.05) is 6.42 Å². The van der Waals surface area contributed by atoms with E-state index in [9.17, 15) is 4.79 Å². The minimum Gasteiger partial charge on any atom is -0.466 e. The van der Waals surface area contributed by atoms with E-state index in [2.05, 4.69) is 17.0 Å². The number of fused-ring (bicyclic) bond motifs is 1. The van der Waals surface area contributed by atoms with Crippen LogP contribution in [0.3, 0.4) is 0 Å². The zero-order valence-corrected chi connectivity index (χ0v) is 12.4. The van der Waals surface area contributed by atoms with Gasteiger partial charge in [-0.25, -0.2) is 0 Å². The lowest BCUT2D eigenvalue weighted by Crippen LogP contribution is -2.15. The van der Waals surface area contributed by atoms with E-state index in [-0.39, 0.29) is 12.0 Å². The van der Waals surface area contributed by atoms with Gasteiger partial charge in [0.1, 0.15) is 0 Å². The Morgan fingerprint density at radius 1 is 1.40 bits per heavy atom. The first-order chi connectivity index (χ1) is 9.70. The Kier molecular flexibility index (Phi) is 5.65. The van der Waals surface area contributed by atoms with E-state index in [0.29, 0.717) is 13.0 Å². The molecule has 1 aromatic heterocycles. The van der Waals surface area contributed by atoms with Gasteiger partial charge in [-0.3, -0.25) is 4.79 Å². The number of hydrogen-bond acceptors (Lipinski definition) is 3. The second-order valence-electron chi connectivity index (χ2n) is 5.59. The second-order valence-corrected chi connectivity index (χ2v) is 5.59. The Labute approximate surface area is 121 Å². The zero-order chi connectivity index (χ0) is 14.4. The minimum atomic E-state index is -0.0742. The Balaban J connectivity index is 1.68. The van der Waals surface area contributed by atoms with Gasteiger partial charge in [0.15, 0.2) is 0 Å². The average Bonchev–Trinajstić information content (AvgIpc) is 2.83. The number of carbonyl (C=O) groups is 1. The number of rotatable bonds is 7. The largest absolute Gasteiger partial charge is 0.466 e. The zero-order valence-electron chi connectivity index (χ0n) is 12.4. The molecule has 0 aromatic carbocycles. The van der Waals surface area contributed by atoms with Crippen LogP contribution in [-0.4, -0.2) is 17.1 Å². The smallest absolute Gasteiger partial charge is 0.305 e. The number of nitrogens with two attached hydrogens (primary N) is 1. The maximum absolute atomic E-state index is 11.2. The van der Waals surface area contributed by atoms with Gasteiger partial charge in [0.25, 0.3) is 0 Å². The van der Waals surface area contributed by atoms with Crippen LogP contribution in [0, 0.1) is 0 Å². The van der Waals surface area contributed by atoms with Crippen molar-refractivity contribution in [2.75, 3.05) is 6.61 Å². The molecule has 0 saturated carbocycles. The molecule has 1 atom stereocenters. The molecule has 0 bridgehead atoms. The molecule has 0 radical (unpaired) electrons. The minimum absolute atomic E-state index is 0.0742. The summed E-state index contributed by atoms with van der Waals surface area (Å²) in [7, 11) is 0. The van der Waals surface area contributed by atoms with Crippen LogP contribution in [0.4, 0.5) is 0 Å². The van der Waals surface area contributed by atoms with E-state index in [1.165, 1.54) is 24.0 Å². The van der Waals surface area contributed by atoms with Gasteiger partial charge in [0, 0.05) is 31.4 Å². The summed E-state index contributed by atoms with van der Waals surface area (Å²) < 4.78 is 7.18. The van der Waals surface area contributed by atoms with Crippen LogP contribution in [0.25, 0.3) is 0 Å². The van der Waals surface area contributed by atoms with Crippen molar-refractivity contribution in [3.8, 4) is 0 Å². The molecular weight excluding hydrogens is 252 g/mol. The highest BCUT2D eigenvalue weighted by Crippen LogP contribution is 2.28. The molecule has 0 aliphatic heterocycles. The van der Waals surface area contributed by atoms with Crippen LogP contribution in [0.2, 0.25) is 0 Å². The van der Waals surface area contributed by atoms with Crippen molar-refractivity contribution in [3.63, 3.8) is 0 Å². The summed E-state index contributed by atoms with van der Waals surface area (Å²) >= 11 is 0. The van der Waals surface area contributed by atoms with Crippen LogP contribution in [-0.2, 0) is 22.5 Å². The predicted molar refractivity (Wildman–Crippen MR) is 79.4 cm³/mol. The maximum Gasteiger partial charge on any atom is 0.305 e. The average molecular weight is 278 g/mol. The molecule has 1 aliphatic rings. The normalized spacial score (nSPS) is 17.8. The van der Waals surface area contributed by atoms with E-state index in [0.717, 1.165) is 32.2 Å². The summed E-state index contributed by atoms with van der Waals surface area (Å²) in [5, 5.41) is 0. The highest BCUT2D eigenvalue weighted by atomic mass is 16.5. The molecule has 0 saturated heterocycles. The van der Waals surface area contributed by atoms with E-state index in [1.54, 1.807) is 0 Å². The van der Waals surface area contributed by atoms with Crippen molar-refractivity contribution in [1.82, 2.24) is 4.57 Å². The SMILES string of the molecule is CCOC(=O)CCCCCn1cc2c(c1)C(N)CCC2. The number of nitrogens with zero attached hydrogens (tertiary/aromatic N) is 1. The van der Waals surface area contributed by atoms with Crippen molar-refractivity contribution in [1.29, 1.82) is 0 Å². The Morgan fingerprint density at radius 3 is 3.00 bits per heavy atom. The molecule has 2 rings (SSSR count). The van der Waals surface area contributed by atoms with Gasteiger partial charge >= 0.3 is 5.97 Å². The van der Waals surface area contributed by atoms with E-state index >= 15 is 0 Å². The first-order valence-electron chi connectivity index (χ1n) is 7.80. The monoisotopic (exact) mass is 278 g/mol. The molecular formula is C16H26N2O2. The lowest BCUT2D eigenvalue weighted by atomic mass is 9.92. The highest BCUT2D eigenvalue weighted by molar-refractivity contribution is 5.69. The maximum atomic E-state index is 11.2. The Hall–Kier alpha value is -1.29. The molecule has 0 spiro atoms. The van der Waals surface area contributed by atoms with Crippen LogP contribution in [0.1, 0.15) is 62.6 Å². The van der Waals surface area contributed by atoms with Crippen LogP contribution in [0.5, 0.6) is 0 Å². The summed E-state index contributed by atoms with van der Waals surface area (Å²) in [4.78, 5) is 11.2. The standard InChI is InChI=1S/C16H26N2O2/c1-2-20-16(19)9-4-3-5-10-18-11-13-7-6-8-15(17)14(13)12-18/h11-12,15H,2-10,17H2,1H3. The molecule has 4 heteroatoms. The molecule has 1 aliphatic carbocycles. The number of hydrogen-bond donors (Lipinski definition) is 1. The molecule has 4 nitrogen and oxygen atoms in total. The lowest BCUT2D eigenvalue weighted by Gasteiger charge is -2.17. The van der Waals surface area contributed by atoms with Crippen LogP contribution in [0.15, 0.2) is 12.4 Å². The van der Waals surface area contributed by atoms with Gasteiger partial charge in [0.05, 0.1) is 6.61 Å². The van der Waals surface area contributed by atoms with E-state index in [4.69, 9.17) is 10.5 Å². The van der Waals surface area contributed by atoms with Gasteiger partial charge < -0.3 is 15.0 Å². The number of esters is 1. The Morgan fingerprint density at radius 2 is 2.25 bits per heavy atom. The fourth-order valence-electron chi connectivity index (χ4n) is 2.89. The lowest BCUT2D eigenvalue weighted by molar-refractivity contribution is -0.143. The van der Waals surface area contributed by atoms with E-state index < -0.39 is 0 Å². The molecule has 1 heterocycles. The number of unbranched alkanes of at least 4 members (excludes halogenated alkanes) is 2. The summed E-state index contributed by atoms with van der Waals surface area (Å²) in [5.74, 6) is -0.0742. The fourth-order valence-corrected chi connectivity index (χ4v) is 2.89. The van der Waals surface area contributed by atoms with Crippen molar-refractivity contribution < 1.29 is 9.53 Å². The quantitative estimate of drug-likeness (QED) is 0.616. The number of carbonyl (C=O) groups excluding carboxylic acids is 1. The molecule has 1 aromatic rings. The molecule has 0 fully saturated rings.